The van der Waals surface area contributed by atoms with E-state index in [9.17, 15) is 19.7 Å². The number of carbonyl (C=O) groups is 2. The fourth-order valence-electron chi connectivity index (χ4n) is 2.50. The zero-order valence-corrected chi connectivity index (χ0v) is 16.9. The third-order valence-corrected chi connectivity index (χ3v) is 4.39. The smallest absolute Gasteiger partial charge is 0.316 e. The zero-order chi connectivity index (χ0) is 22.4. The molecular weight excluding hydrogens is 430 g/mol. The molecule has 11 nitrogen and oxygen atoms in total. The van der Waals surface area contributed by atoms with Crippen LogP contribution in [-0.2, 0) is 0 Å². The van der Waals surface area contributed by atoms with Gasteiger partial charge in [-0.25, -0.2) is 0 Å². The van der Waals surface area contributed by atoms with Gasteiger partial charge in [-0.2, -0.15) is 4.98 Å². The molecule has 0 aliphatic carbocycles. The monoisotopic (exact) mass is 445 g/mol. The van der Waals surface area contributed by atoms with E-state index in [1.54, 1.807) is 31.4 Å². The molecule has 2 aromatic carbocycles. The number of carbonyl (C=O) groups excluding carboxylic acids is 2. The molecule has 31 heavy (non-hydrogen) atoms. The Kier molecular flexibility index (Phi) is 6.78. The summed E-state index contributed by atoms with van der Waals surface area (Å²) in [4.78, 5) is 38.5. The Balaban J connectivity index is 1.50. The lowest BCUT2D eigenvalue weighted by Gasteiger charge is -2.06. The van der Waals surface area contributed by atoms with Gasteiger partial charge in [0.2, 0.25) is 5.82 Å². The highest BCUT2D eigenvalue weighted by molar-refractivity contribution is 6.32. The maximum Gasteiger partial charge on any atom is 0.316 e. The minimum atomic E-state index is -0.677. The van der Waals surface area contributed by atoms with Crippen LogP contribution >= 0.6 is 11.6 Å². The molecule has 0 spiro atoms. The van der Waals surface area contributed by atoms with Gasteiger partial charge in [-0.1, -0.05) is 16.8 Å². The molecule has 0 atom stereocenters. The van der Waals surface area contributed by atoms with Crippen LogP contribution in [0.25, 0.3) is 11.4 Å². The zero-order valence-electron chi connectivity index (χ0n) is 16.1. The summed E-state index contributed by atoms with van der Waals surface area (Å²) in [5.74, 6) is -0.478. The number of benzene rings is 2. The van der Waals surface area contributed by atoms with Gasteiger partial charge in [0.05, 0.1) is 12.0 Å². The van der Waals surface area contributed by atoms with Crippen molar-refractivity contribution in [3.8, 4) is 17.1 Å². The van der Waals surface area contributed by atoms with Crippen molar-refractivity contribution in [3.63, 3.8) is 0 Å². The van der Waals surface area contributed by atoms with E-state index in [4.69, 9.17) is 20.9 Å². The number of aromatic nitrogens is 2. The lowest BCUT2D eigenvalue weighted by Crippen LogP contribution is -2.34. The van der Waals surface area contributed by atoms with Gasteiger partial charge in [-0.05, 0) is 36.4 Å². The Bertz CT molecular complexity index is 1120. The number of hydrogen-bond acceptors (Lipinski definition) is 8. The predicted octanol–water partition coefficient (Wildman–Crippen LogP) is 2.47. The average Bonchev–Trinajstić information content (AvgIpc) is 3.27. The van der Waals surface area contributed by atoms with E-state index in [2.05, 4.69) is 20.8 Å². The molecule has 1 heterocycles. The molecule has 0 saturated carbocycles. The predicted molar refractivity (Wildman–Crippen MR) is 109 cm³/mol. The van der Waals surface area contributed by atoms with Gasteiger partial charge >= 0.3 is 11.8 Å². The van der Waals surface area contributed by atoms with Crippen LogP contribution in [0.15, 0.2) is 47.0 Å². The topological polar surface area (TPSA) is 149 Å². The Labute approximate surface area is 180 Å². The van der Waals surface area contributed by atoms with E-state index in [1.807, 2.05) is 0 Å². The van der Waals surface area contributed by atoms with E-state index >= 15 is 0 Å². The van der Waals surface area contributed by atoms with Crippen molar-refractivity contribution in [1.29, 1.82) is 0 Å². The molecule has 0 saturated heterocycles. The van der Waals surface area contributed by atoms with Crippen molar-refractivity contribution < 1.29 is 23.8 Å². The van der Waals surface area contributed by atoms with Crippen molar-refractivity contribution in [2.24, 2.45) is 0 Å². The minimum Gasteiger partial charge on any atom is -0.497 e. The number of ether oxygens (including phenoxy) is 1. The van der Waals surface area contributed by atoms with Crippen LogP contribution in [0.3, 0.4) is 0 Å². The van der Waals surface area contributed by atoms with E-state index in [-0.39, 0.29) is 41.1 Å². The molecule has 1 aromatic heterocycles. The van der Waals surface area contributed by atoms with Crippen LogP contribution in [0, 0.1) is 10.1 Å². The molecule has 3 rings (SSSR count). The maximum atomic E-state index is 12.1. The number of amides is 2. The number of nitrogens with one attached hydrogen (secondary N) is 2. The van der Waals surface area contributed by atoms with E-state index in [1.165, 1.54) is 12.1 Å². The van der Waals surface area contributed by atoms with Gasteiger partial charge in [-0.15, -0.1) is 0 Å². The van der Waals surface area contributed by atoms with Crippen LogP contribution in [0.5, 0.6) is 5.75 Å². The molecule has 0 bridgehead atoms. The summed E-state index contributed by atoms with van der Waals surface area (Å²) in [6.45, 7) is 0.140. The van der Waals surface area contributed by atoms with E-state index in [0.717, 1.165) is 6.07 Å². The van der Waals surface area contributed by atoms with Crippen LogP contribution in [0.2, 0.25) is 5.02 Å². The standard InChI is InChI=1S/C19H16ClN5O6/c1-30-13-5-2-11(3-6-13)16-23-19(31-24-16)18(27)22-9-8-21-17(26)12-4-7-14(20)15(10-12)25(28)29/h2-7,10H,8-9H2,1H3,(H,21,26)(H,22,27). The summed E-state index contributed by atoms with van der Waals surface area (Å²) in [5, 5.41) is 19.7. The highest BCUT2D eigenvalue weighted by atomic mass is 35.5. The number of halogens is 1. The van der Waals surface area contributed by atoms with Crippen LogP contribution < -0.4 is 15.4 Å². The van der Waals surface area contributed by atoms with Gasteiger partial charge in [-0.3, -0.25) is 19.7 Å². The number of nitro benzene ring substituents is 1. The maximum absolute atomic E-state index is 12.1. The van der Waals surface area contributed by atoms with Gasteiger partial charge in [0.1, 0.15) is 10.8 Å². The molecule has 2 N–H and O–H groups in total. The Morgan fingerprint density at radius 2 is 1.81 bits per heavy atom. The van der Waals surface area contributed by atoms with Crippen LogP contribution in [0.4, 0.5) is 5.69 Å². The summed E-state index contributed by atoms with van der Waals surface area (Å²) < 4.78 is 10.0. The summed E-state index contributed by atoms with van der Waals surface area (Å²) in [6.07, 6.45) is 0. The molecule has 2 amide bonds. The van der Waals surface area contributed by atoms with Crippen molar-refractivity contribution in [3.05, 3.63) is 69.1 Å². The summed E-state index contributed by atoms with van der Waals surface area (Å²) in [5.41, 5.74) is 0.350. The number of rotatable bonds is 8. The van der Waals surface area contributed by atoms with Gasteiger partial charge in [0.15, 0.2) is 0 Å². The first-order valence-electron chi connectivity index (χ1n) is 8.87. The van der Waals surface area contributed by atoms with Gasteiger partial charge < -0.3 is 19.9 Å². The number of hydrogen-bond donors (Lipinski definition) is 2. The molecule has 0 radical (unpaired) electrons. The first-order valence-corrected chi connectivity index (χ1v) is 9.25. The lowest BCUT2D eigenvalue weighted by atomic mass is 10.2. The molecule has 0 unspecified atom stereocenters. The number of methoxy groups -OCH3 is 1. The van der Waals surface area contributed by atoms with E-state index in [0.29, 0.717) is 11.3 Å². The second-order valence-corrected chi connectivity index (χ2v) is 6.49. The second-order valence-electron chi connectivity index (χ2n) is 6.09. The van der Waals surface area contributed by atoms with Crippen LogP contribution in [0.1, 0.15) is 21.0 Å². The molecule has 0 aliphatic heterocycles. The Morgan fingerprint density at radius 3 is 2.45 bits per heavy atom. The quantitative estimate of drug-likeness (QED) is 0.305. The third-order valence-electron chi connectivity index (χ3n) is 4.07. The highest BCUT2D eigenvalue weighted by Crippen LogP contribution is 2.25. The van der Waals surface area contributed by atoms with Crippen LogP contribution in [-0.4, -0.2) is 47.1 Å². The lowest BCUT2D eigenvalue weighted by molar-refractivity contribution is -0.384. The van der Waals surface area contributed by atoms with Gasteiger partial charge in [0, 0.05) is 30.3 Å². The Morgan fingerprint density at radius 1 is 1.13 bits per heavy atom. The third kappa shape index (κ3) is 5.34. The minimum absolute atomic E-state index is 0.0672. The number of nitro groups is 1. The fourth-order valence-corrected chi connectivity index (χ4v) is 2.68. The molecular formula is C19H16ClN5O6. The first kappa shape index (κ1) is 21.7. The van der Waals surface area contributed by atoms with Gasteiger partial charge in [0.25, 0.3) is 11.6 Å². The molecule has 3 aromatic rings. The number of nitrogens with zero attached hydrogens (tertiary/aromatic N) is 3. The largest absolute Gasteiger partial charge is 0.497 e. The summed E-state index contributed by atoms with van der Waals surface area (Å²) >= 11 is 5.72. The fraction of sp³-hybridized carbons (Fsp3) is 0.158. The summed E-state index contributed by atoms with van der Waals surface area (Å²) in [7, 11) is 1.55. The highest BCUT2D eigenvalue weighted by Gasteiger charge is 2.17. The normalized spacial score (nSPS) is 10.4. The molecule has 160 valence electrons. The Hall–Kier alpha value is -3.99. The first-order chi connectivity index (χ1) is 14.9. The second kappa shape index (κ2) is 9.67. The molecule has 12 heteroatoms. The van der Waals surface area contributed by atoms with Crippen molar-refractivity contribution in [2.75, 3.05) is 20.2 Å². The van der Waals surface area contributed by atoms with Crippen molar-refractivity contribution >= 4 is 29.1 Å². The molecule has 0 aliphatic rings. The van der Waals surface area contributed by atoms with Crippen molar-refractivity contribution in [1.82, 2.24) is 20.8 Å². The molecule has 0 fully saturated rings. The average molecular weight is 446 g/mol. The summed E-state index contributed by atoms with van der Waals surface area (Å²) in [6, 6.07) is 10.6. The van der Waals surface area contributed by atoms with Crippen molar-refractivity contribution in [2.45, 2.75) is 0 Å². The SMILES string of the molecule is COc1ccc(-c2noc(C(=O)NCCNC(=O)c3ccc(Cl)c([N+](=O)[O-])c3)n2)cc1. The van der Waals surface area contributed by atoms with E-state index < -0.39 is 16.7 Å².